The van der Waals surface area contributed by atoms with Crippen molar-refractivity contribution in [2.24, 2.45) is 5.73 Å². The summed E-state index contributed by atoms with van der Waals surface area (Å²) in [4.78, 5) is 19.8. The summed E-state index contributed by atoms with van der Waals surface area (Å²) in [5, 5.41) is 7.93. The SMILES string of the molecule is [2H]NC(=O)/C=C\C(=O)O. The third-order valence-electron chi connectivity index (χ3n) is 0.377. The molecule has 0 aromatic carbocycles. The largest absolute Gasteiger partial charge is 0.478 e. The van der Waals surface area contributed by atoms with Crippen LogP contribution in [-0.4, -0.2) is 17.0 Å². The fraction of sp³-hybridized carbons (Fsp3) is 0. The van der Waals surface area contributed by atoms with Crippen LogP contribution in [0.3, 0.4) is 0 Å². The lowest BCUT2D eigenvalue weighted by Crippen LogP contribution is -2.06. The van der Waals surface area contributed by atoms with Gasteiger partial charge < -0.3 is 10.8 Å². The van der Waals surface area contributed by atoms with Crippen molar-refractivity contribution in [2.75, 3.05) is 0 Å². The van der Waals surface area contributed by atoms with E-state index in [0.717, 1.165) is 6.08 Å². The number of carbonyl (C=O) groups excluding carboxylic acids is 1. The average molecular weight is 116 g/mol. The molecule has 1 amide bonds. The van der Waals surface area contributed by atoms with Gasteiger partial charge in [-0.3, -0.25) is 4.79 Å². The summed E-state index contributed by atoms with van der Waals surface area (Å²) in [5.74, 6) is -1.96. The molecule has 0 aromatic rings. The van der Waals surface area contributed by atoms with Crippen molar-refractivity contribution < 1.29 is 16.1 Å². The summed E-state index contributed by atoms with van der Waals surface area (Å²) in [6, 6.07) is 0. The number of carbonyl (C=O) groups is 2. The highest BCUT2D eigenvalue weighted by molar-refractivity contribution is 5.92. The normalized spacial score (nSPS) is 10.8. The molecule has 0 aliphatic heterocycles. The maximum atomic E-state index is 10.1. The molecule has 0 aliphatic rings. The average Bonchev–Trinajstić information content (AvgIpc) is 1.83. The molecule has 4 heteroatoms. The third-order valence-corrected chi connectivity index (χ3v) is 0.377. The van der Waals surface area contributed by atoms with Gasteiger partial charge in [0.2, 0.25) is 5.91 Å². The van der Waals surface area contributed by atoms with E-state index >= 15 is 0 Å². The van der Waals surface area contributed by atoms with Crippen LogP contribution in [0.25, 0.3) is 0 Å². The molecule has 3 N–H and O–H groups in total. The van der Waals surface area contributed by atoms with Crippen LogP contribution in [0.15, 0.2) is 12.2 Å². The van der Waals surface area contributed by atoms with Gasteiger partial charge in [0.15, 0.2) is 1.41 Å². The molecule has 0 spiro atoms. The molecule has 0 unspecified atom stereocenters. The monoisotopic (exact) mass is 116 g/mol. The number of carboxylic acid groups (broad SMARTS) is 1. The zero-order valence-corrected chi connectivity index (χ0v) is 3.92. The number of aliphatic carboxylic acids is 1. The molecule has 0 fully saturated rings. The molecule has 0 heterocycles. The molecule has 0 saturated heterocycles. The fourth-order valence-corrected chi connectivity index (χ4v) is 0.147. The van der Waals surface area contributed by atoms with E-state index in [1.165, 1.54) is 5.73 Å². The molecule has 8 heavy (non-hydrogen) atoms. The lowest BCUT2D eigenvalue weighted by molar-refractivity contribution is -0.131. The Labute approximate surface area is 47.1 Å². The highest BCUT2D eigenvalue weighted by Gasteiger charge is 1.86. The fourth-order valence-electron chi connectivity index (χ4n) is 0.147. The van der Waals surface area contributed by atoms with Crippen molar-refractivity contribution in [2.45, 2.75) is 0 Å². The second kappa shape index (κ2) is 2.79. The first-order chi connectivity index (χ1) is 4.16. The van der Waals surface area contributed by atoms with Gasteiger partial charge in [0.1, 0.15) is 0 Å². The molecule has 0 saturated carbocycles. The van der Waals surface area contributed by atoms with E-state index in [1.807, 2.05) is 0 Å². The summed E-state index contributed by atoms with van der Waals surface area (Å²) in [7, 11) is 0. The zero-order valence-electron chi connectivity index (χ0n) is 4.92. The number of amides is 1. The van der Waals surface area contributed by atoms with E-state index < -0.39 is 11.9 Å². The van der Waals surface area contributed by atoms with Crippen molar-refractivity contribution >= 4 is 11.9 Å². The molecule has 0 aliphatic carbocycles. The Kier molecular flexibility index (Phi) is 1.68. The predicted molar refractivity (Wildman–Crippen MR) is 26.0 cm³/mol. The molecule has 44 valence electrons. The van der Waals surface area contributed by atoms with Crippen molar-refractivity contribution in [3.63, 3.8) is 0 Å². The highest BCUT2D eigenvalue weighted by atomic mass is 16.4. The van der Waals surface area contributed by atoms with E-state index in [9.17, 15) is 9.59 Å². The zero-order chi connectivity index (χ0) is 7.28. The standard InChI is InChI=1S/C4H5NO3/c5-3(6)1-2-4(7)8/h1-2H,(H2,5,6)(H,7,8)/b2-1-/i/hD. The Morgan fingerprint density at radius 3 is 2.62 bits per heavy atom. The Hall–Kier alpha value is -1.32. The van der Waals surface area contributed by atoms with Crippen LogP contribution in [0.4, 0.5) is 0 Å². The highest BCUT2D eigenvalue weighted by Crippen LogP contribution is 1.68. The van der Waals surface area contributed by atoms with Gasteiger partial charge in [-0.15, -0.1) is 0 Å². The number of hydrogen-bond acceptors (Lipinski definition) is 2. The Morgan fingerprint density at radius 1 is 1.62 bits per heavy atom. The lowest BCUT2D eigenvalue weighted by Gasteiger charge is -1.75. The summed E-state index contributed by atoms with van der Waals surface area (Å²) < 4.78 is 6.21. The van der Waals surface area contributed by atoms with Gasteiger partial charge in [-0.25, -0.2) is 4.79 Å². The predicted octanol–water partition coefficient (Wildman–Crippen LogP) is -0.888. The van der Waals surface area contributed by atoms with E-state index in [1.54, 1.807) is 0 Å². The summed E-state index contributed by atoms with van der Waals surface area (Å²) in [5.41, 5.74) is 1.48. The van der Waals surface area contributed by atoms with Gasteiger partial charge in [0, 0.05) is 12.2 Å². The summed E-state index contributed by atoms with van der Waals surface area (Å²) >= 11 is 0. The summed E-state index contributed by atoms with van der Waals surface area (Å²) in [6.45, 7) is 0. The number of hydrogen-bond donors (Lipinski definition) is 2. The third kappa shape index (κ3) is 4.68. The molecule has 0 rings (SSSR count). The Balaban J connectivity index is 3.71. The van der Waals surface area contributed by atoms with Crippen molar-refractivity contribution in [3.8, 4) is 0 Å². The first kappa shape index (κ1) is 4.83. The second-order valence-electron chi connectivity index (χ2n) is 1.04. The van der Waals surface area contributed by atoms with E-state index in [0.29, 0.717) is 6.08 Å². The van der Waals surface area contributed by atoms with E-state index in [2.05, 4.69) is 0 Å². The quantitative estimate of drug-likeness (QED) is 0.459. The minimum Gasteiger partial charge on any atom is -0.478 e. The van der Waals surface area contributed by atoms with Gasteiger partial charge in [-0.2, -0.15) is 0 Å². The van der Waals surface area contributed by atoms with Crippen LogP contribution in [0.2, 0.25) is 1.41 Å². The van der Waals surface area contributed by atoms with Gasteiger partial charge >= 0.3 is 5.97 Å². The first-order valence-electron chi connectivity index (χ1n) is 2.29. The topological polar surface area (TPSA) is 80.4 Å². The molecular formula is C4H5NO3. The Bertz CT molecular complexity index is 154. The first-order valence-corrected chi connectivity index (χ1v) is 1.79. The minimum absolute atomic E-state index is 0.657. The maximum absolute atomic E-state index is 10.1. The van der Waals surface area contributed by atoms with Crippen molar-refractivity contribution in [3.05, 3.63) is 12.2 Å². The molecule has 4 nitrogen and oxygen atoms in total. The summed E-state index contributed by atoms with van der Waals surface area (Å²) in [6.07, 6.45) is 1.42. The minimum atomic E-state index is -1.21. The maximum Gasteiger partial charge on any atom is 0.328 e. The van der Waals surface area contributed by atoms with E-state index in [-0.39, 0.29) is 0 Å². The molecule has 0 radical (unpaired) electrons. The van der Waals surface area contributed by atoms with Gasteiger partial charge in [0.05, 0.1) is 0 Å². The van der Waals surface area contributed by atoms with Crippen LogP contribution in [-0.2, 0) is 9.59 Å². The van der Waals surface area contributed by atoms with Crippen LogP contribution in [0.1, 0.15) is 0 Å². The lowest BCUT2D eigenvalue weighted by atomic mass is 10.5. The number of nitrogens with two attached hydrogens (primary N) is 1. The number of rotatable bonds is 2. The molecular weight excluding hydrogens is 110 g/mol. The van der Waals surface area contributed by atoms with Crippen LogP contribution >= 0.6 is 0 Å². The number of primary amides is 1. The van der Waals surface area contributed by atoms with Crippen LogP contribution in [0, 0.1) is 0 Å². The van der Waals surface area contributed by atoms with E-state index in [4.69, 9.17) is 6.52 Å². The van der Waals surface area contributed by atoms with Crippen molar-refractivity contribution in [1.29, 1.82) is 0 Å². The smallest absolute Gasteiger partial charge is 0.328 e. The van der Waals surface area contributed by atoms with Gasteiger partial charge in [-0.1, -0.05) is 0 Å². The molecule has 0 aromatic heterocycles. The molecule has 0 bridgehead atoms. The molecule has 0 atom stereocenters. The number of carboxylic acids is 1. The van der Waals surface area contributed by atoms with Crippen molar-refractivity contribution in [1.82, 2.24) is 0 Å². The Morgan fingerprint density at radius 2 is 2.25 bits per heavy atom. The van der Waals surface area contributed by atoms with Crippen LogP contribution < -0.4 is 5.73 Å². The van der Waals surface area contributed by atoms with Crippen LogP contribution in [0.5, 0.6) is 0 Å². The van der Waals surface area contributed by atoms with Gasteiger partial charge in [-0.05, 0) is 0 Å². The second-order valence-corrected chi connectivity index (χ2v) is 1.04. The van der Waals surface area contributed by atoms with Gasteiger partial charge in [0.25, 0.3) is 0 Å².